The standard InChI is InChI=1S/C12H12BrN3OS2/c1-7(17)15-12-16-9(6-19-12)5-18-11-3-2-8(14)4-10(11)13/h2-4,6H,5,14H2,1H3,(H,15,16,17). The Hall–Kier alpha value is -1.05. The van der Waals surface area contributed by atoms with Gasteiger partial charge in [-0.1, -0.05) is 0 Å². The second-order valence-corrected chi connectivity index (χ2v) is 6.53. The molecule has 0 unspecified atom stereocenters. The zero-order chi connectivity index (χ0) is 13.8. The van der Waals surface area contributed by atoms with Gasteiger partial charge in [0.25, 0.3) is 0 Å². The highest BCUT2D eigenvalue weighted by atomic mass is 79.9. The summed E-state index contributed by atoms with van der Waals surface area (Å²) in [5, 5.41) is 5.26. The van der Waals surface area contributed by atoms with E-state index in [0.29, 0.717) is 5.13 Å². The smallest absolute Gasteiger partial charge is 0.223 e. The summed E-state index contributed by atoms with van der Waals surface area (Å²) in [7, 11) is 0. The molecule has 3 N–H and O–H groups in total. The zero-order valence-electron chi connectivity index (χ0n) is 10.1. The number of thioether (sulfide) groups is 1. The molecular formula is C12H12BrN3OS2. The Morgan fingerprint density at radius 2 is 2.37 bits per heavy atom. The van der Waals surface area contributed by atoms with Crippen LogP contribution >= 0.6 is 39.0 Å². The molecule has 1 aromatic carbocycles. The number of carbonyl (C=O) groups excluding carboxylic acids is 1. The Morgan fingerprint density at radius 1 is 1.58 bits per heavy atom. The van der Waals surface area contributed by atoms with Crippen molar-refractivity contribution in [1.29, 1.82) is 0 Å². The lowest BCUT2D eigenvalue weighted by Crippen LogP contribution is -2.05. The van der Waals surface area contributed by atoms with E-state index in [9.17, 15) is 4.79 Å². The van der Waals surface area contributed by atoms with Gasteiger partial charge in [0.05, 0.1) is 5.69 Å². The fourth-order valence-electron chi connectivity index (χ4n) is 1.37. The Bertz CT molecular complexity index is 600. The number of benzene rings is 1. The Balaban J connectivity index is 1.98. The van der Waals surface area contributed by atoms with E-state index in [0.717, 1.165) is 26.5 Å². The molecule has 0 bridgehead atoms. The highest BCUT2D eigenvalue weighted by Crippen LogP contribution is 2.32. The van der Waals surface area contributed by atoms with Crippen molar-refractivity contribution in [2.75, 3.05) is 11.1 Å². The fraction of sp³-hybridized carbons (Fsp3) is 0.167. The molecule has 0 saturated heterocycles. The number of nitrogen functional groups attached to an aromatic ring is 1. The van der Waals surface area contributed by atoms with Gasteiger partial charge in [0.2, 0.25) is 5.91 Å². The fourth-order valence-corrected chi connectivity index (χ4v) is 3.78. The summed E-state index contributed by atoms with van der Waals surface area (Å²) in [6, 6.07) is 5.73. The zero-order valence-corrected chi connectivity index (χ0v) is 13.4. The lowest BCUT2D eigenvalue weighted by atomic mass is 10.3. The van der Waals surface area contributed by atoms with E-state index < -0.39 is 0 Å². The van der Waals surface area contributed by atoms with Crippen LogP contribution in [0.15, 0.2) is 32.9 Å². The van der Waals surface area contributed by atoms with Gasteiger partial charge in [0.1, 0.15) is 0 Å². The van der Waals surface area contributed by atoms with E-state index in [1.54, 1.807) is 11.8 Å². The van der Waals surface area contributed by atoms with Crippen LogP contribution < -0.4 is 11.1 Å². The number of hydrogen-bond acceptors (Lipinski definition) is 5. The van der Waals surface area contributed by atoms with Gasteiger partial charge < -0.3 is 11.1 Å². The van der Waals surface area contributed by atoms with Gasteiger partial charge in [-0.15, -0.1) is 23.1 Å². The number of halogens is 1. The van der Waals surface area contributed by atoms with Crippen LogP contribution in [0.25, 0.3) is 0 Å². The molecule has 0 aliphatic rings. The molecule has 2 aromatic rings. The summed E-state index contributed by atoms with van der Waals surface area (Å²) in [6.45, 7) is 1.47. The number of thiazole rings is 1. The maximum Gasteiger partial charge on any atom is 0.223 e. The lowest BCUT2D eigenvalue weighted by Gasteiger charge is -2.03. The van der Waals surface area contributed by atoms with Crippen LogP contribution in [-0.2, 0) is 10.5 Å². The van der Waals surface area contributed by atoms with E-state index in [-0.39, 0.29) is 5.91 Å². The molecule has 19 heavy (non-hydrogen) atoms. The summed E-state index contributed by atoms with van der Waals surface area (Å²) in [6.07, 6.45) is 0. The van der Waals surface area contributed by atoms with Gasteiger partial charge in [-0.2, -0.15) is 0 Å². The van der Waals surface area contributed by atoms with Crippen molar-refractivity contribution in [1.82, 2.24) is 4.98 Å². The van der Waals surface area contributed by atoms with Gasteiger partial charge in [0.15, 0.2) is 5.13 Å². The van der Waals surface area contributed by atoms with Crippen LogP contribution in [0.2, 0.25) is 0 Å². The normalized spacial score (nSPS) is 10.4. The van der Waals surface area contributed by atoms with Crippen LogP contribution in [0, 0.1) is 0 Å². The third-order valence-corrected chi connectivity index (χ3v) is 5.00. The maximum absolute atomic E-state index is 10.9. The summed E-state index contributed by atoms with van der Waals surface area (Å²) in [5.74, 6) is 0.647. The number of carbonyl (C=O) groups is 1. The molecule has 0 atom stereocenters. The second kappa shape index (κ2) is 6.40. The van der Waals surface area contributed by atoms with Crippen molar-refractivity contribution >= 4 is 55.8 Å². The van der Waals surface area contributed by atoms with E-state index in [4.69, 9.17) is 5.73 Å². The number of rotatable bonds is 4. The molecule has 1 aromatic heterocycles. The van der Waals surface area contributed by atoms with Crippen LogP contribution in [0.4, 0.5) is 10.8 Å². The van der Waals surface area contributed by atoms with Gasteiger partial charge in [0, 0.05) is 33.1 Å². The first-order valence-corrected chi connectivity index (χ1v) is 8.10. The summed E-state index contributed by atoms with van der Waals surface area (Å²) in [5.41, 5.74) is 7.38. The molecule has 1 heterocycles. The molecule has 2 rings (SSSR count). The Kier molecular flexibility index (Phi) is 4.84. The number of hydrogen-bond donors (Lipinski definition) is 2. The SMILES string of the molecule is CC(=O)Nc1nc(CSc2ccc(N)cc2Br)cs1. The third kappa shape index (κ3) is 4.22. The first kappa shape index (κ1) is 14.4. The van der Waals surface area contributed by atoms with Crippen LogP contribution in [0.5, 0.6) is 0 Å². The number of amides is 1. The van der Waals surface area contributed by atoms with Crippen molar-refractivity contribution < 1.29 is 4.79 Å². The van der Waals surface area contributed by atoms with Crippen LogP contribution in [0.1, 0.15) is 12.6 Å². The van der Waals surface area contributed by atoms with Crippen molar-refractivity contribution in [3.63, 3.8) is 0 Å². The maximum atomic E-state index is 10.9. The summed E-state index contributed by atoms with van der Waals surface area (Å²) < 4.78 is 0.981. The van der Waals surface area contributed by atoms with Crippen molar-refractivity contribution in [3.05, 3.63) is 33.7 Å². The number of nitrogens with two attached hydrogens (primary N) is 1. The molecule has 0 fully saturated rings. The van der Waals surface area contributed by atoms with Gasteiger partial charge in [-0.05, 0) is 34.1 Å². The van der Waals surface area contributed by atoms with Gasteiger partial charge in [-0.25, -0.2) is 4.98 Å². The molecule has 0 spiro atoms. The predicted octanol–water partition coefficient (Wildman–Crippen LogP) is 3.74. The molecule has 0 radical (unpaired) electrons. The van der Waals surface area contributed by atoms with E-state index in [1.165, 1.54) is 18.3 Å². The molecule has 0 aliphatic heterocycles. The van der Waals surface area contributed by atoms with Crippen molar-refractivity contribution in [2.45, 2.75) is 17.6 Å². The topological polar surface area (TPSA) is 68.0 Å². The largest absolute Gasteiger partial charge is 0.399 e. The summed E-state index contributed by atoms with van der Waals surface area (Å²) in [4.78, 5) is 16.4. The van der Waals surface area contributed by atoms with Crippen LogP contribution in [-0.4, -0.2) is 10.9 Å². The average molecular weight is 358 g/mol. The molecular weight excluding hydrogens is 346 g/mol. The molecule has 4 nitrogen and oxygen atoms in total. The van der Waals surface area contributed by atoms with Gasteiger partial charge in [-0.3, -0.25) is 4.79 Å². The number of nitrogens with zero attached hydrogens (tertiary/aromatic N) is 1. The Labute approximate surface area is 127 Å². The van der Waals surface area contributed by atoms with E-state index >= 15 is 0 Å². The molecule has 0 aliphatic carbocycles. The minimum Gasteiger partial charge on any atom is -0.399 e. The third-order valence-electron chi connectivity index (χ3n) is 2.17. The first-order chi connectivity index (χ1) is 9.04. The highest BCUT2D eigenvalue weighted by molar-refractivity contribution is 9.10. The molecule has 0 saturated carbocycles. The molecule has 100 valence electrons. The number of aromatic nitrogens is 1. The van der Waals surface area contributed by atoms with Crippen molar-refractivity contribution in [2.24, 2.45) is 0 Å². The average Bonchev–Trinajstić information content (AvgIpc) is 2.74. The number of anilines is 2. The molecule has 1 amide bonds. The minimum absolute atomic E-state index is 0.102. The quantitative estimate of drug-likeness (QED) is 0.645. The number of nitrogens with one attached hydrogen (secondary N) is 1. The van der Waals surface area contributed by atoms with Crippen molar-refractivity contribution in [3.8, 4) is 0 Å². The lowest BCUT2D eigenvalue weighted by molar-refractivity contribution is -0.114. The van der Waals surface area contributed by atoms with E-state index in [2.05, 4.69) is 26.2 Å². The van der Waals surface area contributed by atoms with E-state index in [1.807, 2.05) is 23.6 Å². The minimum atomic E-state index is -0.102. The molecule has 7 heteroatoms. The highest BCUT2D eigenvalue weighted by Gasteiger charge is 2.06. The second-order valence-electron chi connectivity index (χ2n) is 3.80. The monoisotopic (exact) mass is 357 g/mol. The van der Waals surface area contributed by atoms with Gasteiger partial charge >= 0.3 is 0 Å². The predicted molar refractivity (Wildman–Crippen MR) is 84.5 cm³/mol. The Morgan fingerprint density at radius 3 is 3.05 bits per heavy atom. The van der Waals surface area contributed by atoms with Crippen LogP contribution in [0.3, 0.4) is 0 Å². The summed E-state index contributed by atoms with van der Waals surface area (Å²) >= 11 is 6.58. The first-order valence-electron chi connectivity index (χ1n) is 5.44.